The van der Waals surface area contributed by atoms with Crippen LogP contribution >= 0.6 is 11.3 Å². The van der Waals surface area contributed by atoms with Gasteiger partial charge in [0.25, 0.3) is 0 Å². The molecule has 0 amide bonds. The number of hydrogen-bond donors (Lipinski definition) is 2. The van der Waals surface area contributed by atoms with E-state index in [1.54, 1.807) is 11.3 Å². The highest BCUT2D eigenvalue weighted by Crippen LogP contribution is 2.33. The molecule has 0 aliphatic carbocycles. The largest absolute Gasteiger partial charge is 0.490 e. The van der Waals surface area contributed by atoms with E-state index >= 15 is 0 Å². The van der Waals surface area contributed by atoms with E-state index in [0.717, 1.165) is 44.9 Å². The van der Waals surface area contributed by atoms with Crippen molar-refractivity contribution in [2.24, 2.45) is 0 Å². The van der Waals surface area contributed by atoms with Crippen LogP contribution in [-0.2, 0) is 12.8 Å². The van der Waals surface area contributed by atoms with Crippen LogP contribution < -0.4 is 4.74 Å². The molecule has 2 aromatic carbocycles. The summed E-state index contributed by atoms with van der Waals surface area (Å²) in [7, 11) is 0. The Morgan fingerprint density at radius 1 is 1.10 bits per heavy atom. The topological polar surface area (TPSA) is 66.8 Å². The van der Waals surface area contributed by atoms with Crippen molar-refractivity contribution in [1.82, 2.24) is 0 Å². The maximum atomic E-state index is 12.9. The first-order valence-corrected chi connectivity index (χ1v) is 11.5. The normalized spacial score (nSPS) is 12.0. The van der Waals surface area contributed by atoms with Crippen molar-refractivity contribution in [3.63, 3.8) is 0 Å². The lowest BCUT2D eigenvalue weighted by molar-refractivity contribution is 0.0531. The number of aliphatic hydroxyl groups excluding tert-OH is 2. The van der Waals surface area contributed by atoms with Crippen LogP contribution in [0, 0.1) is 13.8 Å². The molecule has 0 spiro atoms. The number of benzene rings is 2. The lowest BCUT2D eigenvalue weighted by atomic mass is 10.00. The first-order chi connectivity index (χ1) is 14.9. The average Bonchev–Trinajstić information content (AvgIpc) is 3.22. The Hall–Kier alpha value is -2.47. The Balaban J connectivity index is 1.69. The van der Waals surface area contributed by atoms with Crippen LogP contribution in [0.5, 0.6) is 5.75 Å². The molecule has 5 heteroatoms. The maximum absolute atomic E-state index is 12.9. The molecule has 0 bridgehead atoms. The zero-order valence-electron chi connectivity index (χ0n) is 18.4. The molecule has 3 rings (SSSR count). The van der Waals surface area contributed by atoms with Crippen LogP contribution in [0.25, 0.3) is 11.1 Å². The molecule has 1 atom stereocenters. The monoisotopic (exact) mass is 438 g/mol. The van der Waals surface area contributed by atoms with Crippen molar-refractivity contribution in [2.45, 2.75) is 46.1 Å². The number of rotatable bonds is 10. The van der Waals surface area contributed by atoms with Crippen LogP contribution in [0.15, 0.2) is 48.5 Å². The third-order valence-electron chi connectivity index (χ3n) is 5.28. The third-order valence-corrected chi connectivity index (χ3v) is 6.60. The zero-order chi connectivity index (χ0) is 22.4. The summed E-state index contributed by atoms with van der Waals surface area (Å²) in [6.07, 6.45) is 1.14. The van der Waals surface area contributed by atoms with Gasteiger partial charge in [-0.2, -0.15) is 0 Å². The summed E-state index contributed by atoms with van der Waals surface area (Å²) in [6.45, 7) is 5.77. The number of Topliss-reactive ketones (excluding diaryl/α,β-unsaturated/α-hetero) is 1. The predicted molar refractivity (Wildman–Crippen MR) is 126 cm³/mol. The summed E-state index contributed by atoms with van der Waals surface area (Å²) < 4.78 is 5.67. The number of ether oxygens (including phenoxy) is 1. The van der Waals surface area contributed by atoms with Crippen LogP contribution in [-0.4, -0.2) is 35.3 Å². The second-order valence-corrected chi connectivity index (χ2v) is 8.93. The van der Waals surface area contributed by atoms with Gasteiger partial charge in [-0.05, 0) is 60.6 Å². The van der Waals surface area contributed by atoms with E-state index in [4.69, 9.17) is 9.84 Å². The van der Waals surface area contributed by atoms with Gasteiger partial charge in [0, 0.05) is 11.3 Å². The van der Waals surface area contributed by atoms with E-state index in [-0.39, 0.29) is 19.0 Å². The molecule has 4 nitrogen and oxygen atoms in total. The van der Waals surface area contributed by atoms with Crippen molar-refractivity contribution < 1.29 is 19.7 Å². The first-order valence-electron chi connectivity index (χ1n) is 10.7. The lowest BCUT2D eigenvalue weighted by Crippen LogP contribution is -2.21. The predicted octanol–water partition coefficient (Wildman–Crippen LogP) is 5.14. The summed E-state index contributed by atoms with van der Waals surface area (Å²) in [6, 6.07) is 16.3. The molecule has 0 fully saturated rings. The molecule has 0 aliphatic heterocycles. The second kappa shape index (κ2) is 10.7. The maximum Gasteiger partial charge on any atom is 0.173 e. The molecule has 164 valence electrons. The van der Waals surface area contributed by atoms with Crippen LogP contribution in [0.1, 0.15) is 44.6 Å². The quantitative estimate of drug-likeness (QED) is 0.430. The van der Waals surface area contributed by atoms with Gasteiger partial charge in [0.05, 0.1) is 11.5 Å². The van der Waals surface area contributed by atoms with E-state index < -0.39 is 6.10 Å². The summed E-state index contributed by atoms with van der Waals surface area (Å²) in [5, 5.41) is 18.5. The number of thiophene rings is 1. The molecule has 0 unspecified atom stereocenters. The van der Waals surface area contributed by atoms with Crippen molar-refractivity contribution >= 4 is 17.1 Å². The smallest absolute Gasteiger partial charge is 0.173 e. The minimum atomic E-state index is -0.893. The molecule has 0 saturated carbocycles. The van der Waals surface area contributed by atoms with E-state index in [0.29, 0.717) is 12.8 Å². The Labute approximate surface area is 188 Å². The number of aliphatic hydroxyl groups is 2. The Kier molecular flexibility index (Phi) is 8.02. The van der Waals surface area contributed by atoms with Gasteiger partial charge in [-0.25, -0.2) is 0 Å². The van der Waals surface area contributed by atoms with Gasteiger partial charge in [0.15, 0.2) is 5.78 Å². The van der Waals surface area contributed by atoms with Gasteiger partial charge < -0.3 is 14.9 Å². The fourth-order valence-electron chi connectivity index (χ4n) is 3.72. The SMILES string of the molecule is CCc1sc(C(=O)CCc2cc(C)c(OC[C@@H](O)CO)c(C)c2)cc1-c1ccccc1. The Bertz CT molecular complexity index is 1000. The molecular formula is C26H30O4S. The summed E-state index contributed by atoms with van der Waals surface area (Å²) >= 11 is 1.60. The van der Waals surface area contributed by atoms with E-state index in [1.165, 1.54) is 4.88 Å². The average molecular weight is 439 g/mol. The molecule has 2 N–H and O–H groups in total. The van der Waals surface area contributed by atoms with Crippen molar-refractivity contribution in [3.05, 3.63) is 75.0 Å². The summed E-state index contributed by atoms with van der Waals surface area (Å²) in [4.78, 5) is 15.0. The van der Waals surface area contributed by atoms with Crippen LogP contribution in [0.3, 0.4) is 0 Å². The number of carbonyl (C=O) groups excluding carboxylic acids is 1. The van der Waals surface area contributed by atoms with Crippen molar-refractivity contribution in [1.29, 1.82) is 0 Å². The fourth-order valence-corrected chi connectivity index (χ4v) is 4.81. The van der Waals surface area contributed by atoms with E-state index in [9.17, 15) is 9.90 Å². The highest BCUT2D eigenvalue weighted by atomic mass is 32.1. The molecule has 0 saturated heterocycles. The number of hydrogen-bond acceptors (Lipinski definition) is 5. The Morgan fingerprint density at radius 2 is 1.77 bits per heavy atom. The second-order valence-electron chi connectivity index (χ2n) is 7.80. The molecule has 3 aromatic rings. The summed E-state index contributed by atoms with van der Waals surface area (Å²) in [5.41, 5.74) is 5.33. The van der Waals surface area contributed by atoms with Gasteiger partial charge in [-0.3, -0.25) is 4.79 Å². The minimum Gasteiger partial charge on any atom is -0.490 e. The highest BCUT2D eigenvalue weighted by Gasteiger charge is 2.16. The summed E-state index contributed by atoms with van der Waals surface area (Å²) in [5.74, 6) is 0.893. The van der Waals surface area contributed by atoms with Gasteiger partial charge in [0.1, 0.15) is 18.5 Å². The Morgan fingerprint density at radius 3 is 2.39 bits per heavy atom. The molecule has 0 aliphatic rings. The minimum absolute atomic E-state index is 0.0535. The molecule has 1 heterocycles. The van der Waals surface area contributed by atoms with Crippen LogP contribution in [0.4, 0.5) is 0 Å². The fraction of sp³-hybridized carbons (Fsp3) is 0.346. The standard InChI is InChI=1S/C26H30O4S/c1-4-24-22(20-8-6-5-7-9-20)14-25(31-24)23(29)11-10-19-12-17(2)26(18(3)13-19)30-16-21(28)15-27/h5-9,12-14,21,27-28H,4,10-11,15-16H2,1-3H3/t21-/m0/s1. The van der Waals surface area contributed by atoms with E-state index in [2.05, 4.69) is 19.1 Å². The highest BCUT2D eigenvalue weighted by molar-refractivity contribution is 7.14. The van der Waals surface area contributed by atoms with Gasteiger partial charge in [-0.15, -0.1) is 11.3 Å². The van der Waals surface area contributed by atoms with Gasteiger partial charge >= 0.3 is 0 Å². The van der Waals surface area contributed by atoms with Gasteiger partial charge in [0.2, 0.25) is 0 Å². The molecule has 1 aromatic heterocycles. The number of carbonyl (C=O) groups is 1. The number of aryl methyl sites for hydroxylation is 4. The lowest BCUT2D eigenvalue weighted by Gasteiger charge is -2.15. The van der Waals surface area contributed by atoms with Crippen LogP contribution in [0.2, 0.25) is 0 Å². The molecule has 31 heavy (non-hydrogen) atoms. The third kappa shape index (κ3) is 5.82. The van der Waals surface area contributed by atoms with Gasteiger partial charge in [-0.1, -0.05) is 49.4 Å². The molecule has 0 radical (unpaired) electrons. The zero-order valence-corrected chi connectivity index (χ0v) is 19.2. The molecular weight excluding hydrogens is 408 g/mol. The van der Waals surface area contributed by atoms with Crippen molar-refractivity contribution in [2.75, 3.05) is 13.2 Å². The van der Waals surface area contributed by atoms with E-state index in [1.807, 2.05) is 50.2 Å². The number of ketones is 1. The first kappa shape index (κ1) is 23.2. The van der Waals surface area contributed by atoms with Crippen molar-refractivity contribution in [3.8, 4) is 16.9 Å².